The van der Waals surface area contributed by atoms with Gasteiger partial charge in [-0.1, -0.05) is 35.9 Å². The Balaban J connectivity index is 1.41. The molecule has 5 nitrogen and oxygen atoms in total. The van der Waals surface area contributed by atoms with E-state index < -0.39 is 0 Å². The topological polar surface area (TPSA) is 41.4 Å². The lowest BCUT2D eigenvalue weighted by Crippen LogP contribution is -2.48. The van der Waals surface area contributed by atoms with Crippen LogP contribution >= 0.6 is 11.6 Å². The molecular weight excluding hydrogens is 396 g/mol. The van der Waals surface area contributed by atoms with Gasteiger partial charge in [0, 0.05) is 62.8 Å². The van der Waals surface area contributed by atoms with Crippen molar-refractivity contribution >= 4 is 35.3 Å². The lowest BCUT2D eigenvalue weighted by molar-refractivity contribution is -0.129. The summed E-state index contributed by atoms with van der Waals surface area (Å²) in [7, 11) is 0. The van der Waals surface area contributed by atoms with Crippen LogP contribution < -0.4 is 4.90 Å². The summed E-state index contributed by atoms with van der Waals surface area (Å²) >= 11 is 6.32. The highest BCUT2D eigenvalue weighted by Crippen LogP contribution is 2.21. The van der Waals surface area contributed by atoms with Crippen molar-refractivity contribution in [1.29, 1.82) is 0 Å². The number of hydrogen-bond donors (Lipinski definition) is 0. The van der Waals surface area contributed by atoms with Crippen molar-refractivity contribution < 1.29 is 4.79 Å². The Hall–Kier alpha value is -3.05. The Morgan fingerprint density at radius 1 is 1.03 bits per heavy atom. The Labute approximate surface area is 182 Å². The number of carbonyl (C=O) groups is 1. The van der Waals surface area contributed by atoms with Crippen molar-refractivity contribution in [2.24, 2.45) is 0 Å². The van der Waals surface area contributed by atoms with Gasteiger partial charge in [-0.15, -0.1) is 0 Å². The molecule has 30 heavy (non-hydrogen) atoms. The fourth-order valence-corrected chi connectivity index (χ4v) is 3.99. The number of amides is 1. The van der Waals surface area contributed by atoms with Crippen LogP contribution in [0.5, 0.6) is 0 Å². The summed E-state index contributed by atoms with van der Waals surface area (Å²) in [6.07, 6.45) is 9.71. The second-order valence-electron chi connectivity index (χ2n) is 7.55. The average Bonchev–Trinajstić information content (AvgIpc) is 3.25. The zero-order chi connectivity index (χ0) is 20.9. The van der Waals surface area contributed by atoms with Crippen LogP contribution in [0.15, 0.2) is 61.2 Å². The lowest BCUT2D eigenvalue weighted by atomic mass is 10.1. The maximum atomic E-state index is 11.5. The Kier molecular flexibility index (Phi) is 6.19. The standard InChI is InChI=1S/C24H25ClN4O/c1-19(30)28-10-12-29(13-11-28)24-6-4-20(5-7-24)2-3-21-14-22(16-23(25)15-21)17-27-9-8-26-18-27/h2-9,14-16,18H,10-13,17H2,1H3/b3-2+. The van der Waals surface area contributed by atoms with Gasteiger partial charge in [0.05, 0.1) is 6.33 Å². The zero-order valence-electron chi connectivity index (χ0n) is 17.0. The smallest absolute Gasteiger partial charge is 0.219 e. The van der Waals surface area contributed by atoms with Crippen LogP contribution in [-0.2, 0) is 11.3 Å². The molecule has 2 aromatic carbocycles. The van der Waals surface area contributed by atoms with Crippen LogP contribution in [-0.4, -0.2) is 46.5 Å². The number of imidazole rings is 1. The van der Waals surface area contributed by atoms with E-state index in [1.807, 2.05) is 27.8 Å². The summed E-state index contributed by atoms with van der Waals surface area (Å²) in [5.41, 5.74) is 4.54. The number of benzene rings is 2. The first kappa shape index (κ1) is 20.2. The van der Waals surface area contributed by atoms with Gasteiger partial charge in [-0.3, -0.25) is 4.79 Å². The molecule has 1 amide bonds. The molecule has 0 aliphatic carbocycles. The molecule has 0 bridgehead atoms. The molecule has 0 saturated carbocycles. The van der Waals surface area contributed by atoms with E-state index in [1.54, 1.807) is 19.4 Å². The number of carbonyl (C=O) groups excluding carboxylic acids is 1. The third-order valence-electron chi connectivity index (χ3n) is 5.36. The van der Waals surface area contributed by atoms with Crippen LogP contribution in [0.4, 0.5) is 5.69 Å². The molecule has 0 unspecified atom stereocenters. The number of piperazine rings is 1. The van der Waals surface area contributed by atoms with Crippen LogP contribution in [0, 0.1) is 0 Å². The fraction of sp³-hybridized carbons (Fsp3) is 0.250. The molecule has 0 spiro atoms. The van der Waals surface area contributed by atoms with Gasteiger partial charge in [-0.25, -0.2) is 4.98 Å². The Morgan fingerprint density at radius 3 is 2.43 bits per heavy atom. The highest BCUT2D eigenvalue weighted by atomic mass is 35.5. The predicted molar refractivity (Wildman–Crippen MR) is 123 cm³/mol. The van der Waals surface area contributed by atoms with E-state index in [2.05, 4.69) is 52.4 Å². The van der Waals surface area contributed by atoms with E-state index in [0.29, 0.717) is 0 Å². The van der Waals surface area contributed by atoms with E-state index >= 15 is 0 Å². The minimum atomic E-state index is 0.157. The van der Waals surface area contributed by atoms with Crippen molar-refractivity contribution in [3.63, 3.8) is 0 Å². The second-order valence-corrected chi connectivity index (χ2v) is 7.98. The zero-order valence-corrected chi connectivity index (χ0v) is 17.8. The fourth-order valence-electron chi connectivity index (χ4n) is 3.72. The van der Waals surface area contributed by atoms with Crippen molar-refractivity contribution in [3.05, 3.63) is 82.9 Å². The van der Waals surface area contributed by atoms with Gasteiger partial charge in [-0.2, -0.15) is 0 Å². The van der Waals surface area contributed by atoms with Crippen LogP contribution in [0.3, 0.4) is 0 Å². The SMILES string of the molecule is CC(=O)N1CCN(c2ccc(/C=C/c3cc(Cl)cc(Cn4ccnc4)c3)cc2)CC1. The number of nitrogens with zero attached hydrogens (tertiary/aromatic N) is 4. The molecule has 0 atom stereocenters. The van der Waals surface area contributed by atoms with Crippen LogP contribution in [0.25, 0.3) is 12.2 Å². The van der Waals surface area contributed by atoms with E-state index in [9.17, 15) is 4.79 Å². The van der Waals surface area contributed by atoms with E-state index in [1.165, 1.54) is 5.69 Å². The summed E-state index contributed by atoms with van der Waals surface area (Å²) in [4.78, 5) is 19.8. The normalized spacial score (nSPS) is 14.5. The highest BCUT2D eigenvalue weighted by molar-refractivity contribution is 6.30. The van der Waals surface area contributed by atoms with Gasteiger partial charge in [0.25, 0.3) is 0 Å². The molecule has 1 fully saturated rings. The molecule has 2 heterocycles. The van der Waals surface area contributed by atoms with E-state index in [4.69, 9.17) is 11.6 Å². The van der Waals surface area contributed by atoms with Gasteiger partial charge < -0.3 is 14.4 Å². The monoisotopic (exact) mass is 420 g/mol. The molecule has 1 saturated heterocycles. The van der Waals surface area contributed by atoms with Crippen LogP contribution in [0.2, 0.25) is 5.02 Å². The van der Waals surface area contributed by atoms with Gasteiger partial charge in [-0.05, 0) is 47.0 Å². The lowest BCUT2D eigenvalue weighted by Gasteiger charge is -2.35. The Bertz CT molecular complexity index is 1020. The first-order valence-corrected chi connectivity index (χ1v) is 10.5. The summed E-state index contributed by atoms with van der Waals surface area (Å²) in [6.45, 7) is 5.69. The molecule has 1 aliphatic rings. The molecule has 0 N–H and O–H groups in total. The summed E-state index contributed by atoms with van der Waals surface area (Å²) in [5.74, 6) is 0.157. The summed E-state index contributed by atoms with van der Waals surface area (Å²) < 4.78 is 2.02. The predicted octanol–water partition coefficient (Wildman–Crippen LogP) is 4.42. The molecule has 3 aromatic rings. The van der Waals surface area contributed by atoms with Crippen molar-refractivity contribution in [2.45, 2.75) is 13.5 Å². The number of aromatic nitrogens is 2. The maximum Gasteiger partial charge on any atom is 0.219 e. The number of halogens is 1. The minimum Gasteiger partial charge on any atom is -0.368 e. The minimum absolute atomic E-state index is 0.157. The third-order valence-corrected chi connectivity index (χ3v) is 5.57. The number of anilines is 1. The summed E-state index contributed by atoms with van der Waals surface area (Å²) in [6, 6.07) is 14.6. The van der Waals surface area contributed by atoms with Crippen molar-refractivity contribution in [3.8, 4) is 0 Å². The van der Waals surface area contributed by atoms with E-state index in [-0.39, 0.29) is 5.91 Å². The molecule has 154 valence electrons. The average molecular weight is 421 g/mol. The number of hydrogen-bond acceptors (Lipinski definition) is 3. The van der Waals surface area contributed by atoms with E-state index in [0.717, 1.165) is 54.4 Å². The van der Waals surface area contributed by atoms with Crippen molar-refractivity contribution in [2.75, 3.05) is 31.1 Å². The summed E-state index contributed by atoms with van der Waals surface area (Å²) in [5, 5.41) is 0.729. The second kappa shape index (κ2) is 9.18. The molecule has 6 heteroatoms. The van der Waals surface area contributed by atoms with Crippen molar-refractivity contribution in [1.82, 2.24) is 14.5 Å². The van der Waals surface area contributed by atoms with Crippen LogP contribution in [0.1, 0.15) is 23.6 Å². The third kappa shape index (κ3) is 5.10. The van der Waals surface area contributed by atoms with Gasteiger partial charge >= 0.3 is 0 Å². The van der Waals surface area contributed by atoms with Gasteiger partial charge in [0.2, 0.25) is 5.91 Å². The quantitative estimate of drug-likeness (QED) is 0.573. The molecule has 0 radical (unpaired) electrons. The number of rotatable bonds is 5. The molecule has 1 aliphatic heterocycles. The molecule has 4 rings (SSSR count). The highest BCUT2D eigenvalue weighted by Gasteiger charge is 2.18. The Morgan fingerprint density at radius 2 is 1.77 bits per heavy atom. The first-order valence-electron chi connectivity index (χ1n) is 10.1. The first-order chi connectivity index (χ1) is 14.6. The maximum absolute atomic E-state index is 11.5. The van der Waals surface area contributed by atoms with Gasteiger partial charge in [0.1, 0.15) is 0 Å². The van der Waals surface area contributed by atoms with Gasteiger partial charge in [0.15, 0.2) is 0 Å². The molecular formula is C24H25ClN4O. The molecule has 1 aromatic heterocycles. The largest absolute Gasteiger partial charge is 0.368 e.